The summed E-state index contributed by atoms with van der Waals surface area (Å²) in [6, 6.07) is 7.64. The maximum Gasteiger partial charge on any atom is 0.453 e. The van der Waals surface area contributed by atoms with Gasteiger partial charge in [-0.2, -0.15) is 18.2 Å². The molecule has 1 amide bonds. The van der Waals surface area contributed by atoms with Crippen LogP contribution in [-0.2, 0) is 17.4 Å². The van der Waals surface area contributed by atoms with Crippen molar-refractivity contribution in [2.24, 2.45) is 0 Å². The lowest BCUT2D eigenvalue weighted by Gasteiger charge is -2.12. The molecule has 6 nitrogen and oxygen atoms in total. The van der Waals surface area contributed by atoms with Crippen LogP contribution in [0.3, 0.4) is 0 Å². The van der Waals surface area contributed by atoms with E-state index in [-0.39, 0.29) is 18.1 Å². The van der Waals surface area contributed by atoms with Crippen LogP contribution in [0, 0.1) is 13.8 Å². The van der Waals surface area contributed by atoms with E-state index in [2.05, 4.69) is 34.2 Å². The molecule has 29 heavy (non-hydrogen) atoms. The van der Waals surface area contributed by atoms with Crippen LogP contribution in [0.1, 0.15) is 54.5 Å². The third-order valence-electron chi connectivity index (χ3n) is 4.74. The van der Waals surface area contributed by atoms with E-state index in [0.29, 0.717) is 35.0 Å². The molecule has 9 heteroatoms. The van der Waals surface area contributed by atoms with E-state index in [1.807, 2.05) is 24.3 Å². The molecule has 0 bridgehead atoms. The Morgan fingerprint density at radius 3 is 2.59 bits per heavy atom. The van der Waals surface area contributed by atoms with Gasteiger partial charge in [0.05, 0.1) is 0 Å². The van der Waals surface area contributed by atoms with Crippen molar-refractivity contribution in [1.29, 1.82) is 0 Å². The number of anilines is 1. The van der Waals surface area contributed by atoms with Gasteiger partial charge in [0.25, 0.3) is 11.6 Å². The van der Waals surface area contributed by atoms with Crippen LogP contribution in [0.25, 0.3) is 5.78 Å². The summed E-state index contributed by atoms with van der Waals surface area (Å²) in [4.78, 5) is 20.0. The van der Waals surface area contributed by atoms with Crippen molar-refractivity contribution >= 4 is 17.4 Å². The molecule has 0 aliphatic rings. The molecule has 0 unspecified atom stereocenters. The fourth-order valence-corrected chi connectivity index (χ4v) is 3.13. The maximum atomic E-state index is 12.9. The summed E-state index contributed by atoms with van der Waals surface area (Å²) < 4.78 is 39.7. The summed E-state index contributed by atoms with van der Waals surface area (Å²) in [5.41, 5.74) is 3.54. The number of nitrogens with one attached hydrogen (secondary N) is 1. The number of hydrogen-bond donors (Lipinski definition) is 1. The molecule has 0 saturated heterocycles. The number of nitrogens with zero attached hydrogens (tertiary/aromatic N) is 4. The predicted octanol–water partition coefficient (Wildman–Crippen LogP) is 4.45. The number of aryl methyl sites for hydroxylation is 2. The molecule has 1 aromatic carbocycles. The normalized spacial score (nSPS) is 12.0. The predicted molar refractivity (Wildman–Crippen MR) is 103 cm³/mol. The summed E-state index contributed by atoms with van der Waals surface area (Å²) >= 11 is 0. The molecule has 0 saturated carbocycles. The van der Waals surface area contributed by atoms with Crippen molar-refractivity contribution in [3.05, 3.63) is 52.6 Å². The standard InChI is InChI=1S/C20H22F3N5O/c1-11(2)14-6-5-7-15(10-14)25-17(29)9-8-16-12(3)24-19-26-18(20(21,22)23)27-28(19)13(16)4/h5-7,10-11H,8-9H2,1-4H3,(H,25,29). The largest absolute Gasteiger partial charge is 0.453 e. The van der Waals surface area contributed by atoms with Crippen LogP contribution in [0.2, 0.25) is 0 Å². The lowest BCUT2D eigenvalue weighted by Crippen LogP contribution is -2.14. The Hall–Kier alpha value is -2.97. The van der Waals surface area contributed by atoms with Crippen LogP contribution in [0.5, 0.6) is 0 Å². The third-order valence-corrected chi connectivity index (χ3v) is 4.74. The lowest BCUT2D eigenvalue weighted by molar-refractivity contribution is -0.144. The molecule has 0 fully saturated rings. The van der Waals surface area contributed by atoms with Crippen molar-refractivity contribution in [3.63, 3.8) is 0 Å². The Kier molecular flexibility index (Phi) is 5.59. The maximum absolute atomic E-state index is 12.9. The highest BCUT2D eigenvalue weighted by Crippen LogP contribution is 2.27. The Morgan fingerprint density at radius 2 is 1.93 bits per heavy atom. The zero-order chi connectivity index (χ0) is 21.3. The first-order valence-corrected chi connectivity index (χ1v) is 9.26. The number of aromatic nitrogens is 4. The summed E-state index contributed by atoms with van der Waals surface area (Å²) in [5, 5.41) is 6.39. The average Bonchev–Trinajstić information content (AvgIpc) is 3.06. The molecule has 0 radical (unpaired) electrons. The average molecular weight is 405 g/mol. The van der Waals surface area contributed by atoms with Gasteiger partial charge >= 0.3 is 6.18 Å². The Labute approximate surface area is 166 Å². The van der Waals surface area contributed by atoms with Crippen molar-refractivity contribution < 1.29 is 18.0 Å². The van der Waals surface area contributed by atoms with E-state index in [1.165, 1.54) is 0 Å². The van der Waals surface area contributed by atoms with E-state index in [1.54, 1.807) is 13.8 Å². The highest BCUT2D eigenvalue weighted by molar-refractivity contribution is 5.90. The van der Waals surface area contributed by atoms with Gasteiger partial charge in [-0.3, -0.25) is 4.79 Å². The first-order chi connectivity index (χ1) is 13.6. The third kappa shape index (κ3) is 4.55. The van der Waals surface area contributed by atoms with Gasteiger partial charge in [0.2, 0.25) is 5.91 Å². The molecule has 0 atom stereocenters. The SMILES string of the molecule is Cc1nc2nc(C(F)(F)F)nn2c(C)c1CCC(=O)Nc1cccc(C(C)C)c1. The molecule has 0 aliphatic heterocycles. The number of halogens is 3. The van der Waals surface area contributed by atoms with Gasteiger partial charge in [0, 0.05) is 23.5 Å². The zero-order valence-electron chi connectivity index (χ0n) is 16.6. The number of alkyl halides is 3. The monoisotopic (exact) mass is 405 g/mol. The molecule has 1 N–H and O–H groups in total. The van der Waals surface area contributed by atoms with E-state index in [0.717, 1.165) is 10.1 Å². The van der Waals surface area contributed by atoms with Gasteiger partial charge in [0.15, 0.2) is 0 Å². The molecule has 3 rings (SSSR count). The number of carbonyl (C=O) groups is 1. The highest BCUT2D eigenvalue weighted by atomic mass is 19.4. The Bertz CT molecular complexity index is 1060. The fraction of sp³-hybridized carbons (Fsp3) is 0.400. The summed E-state index contributed by atoms with van der Waals surface area (Å²) in [6.45, 7) is 7.48. The van der Waals surface area contributed by atoms with Crippen molar-refractivity contribution in [2.45, 2.75) is 52.6 Å². The van der Waals surface area contributed by atoms with E-state index in [9.17, 15) is 18.0 Å². The zero-order valence-corrected chi connectivity index (χ0v) is 16.6. The molecule has 2 heterocycles. The summed E-state index contributed by atoms with van der Waals surface area (Å²) in [7, 11) is 0. The van der Waals surface area contributed by atoms with Crippen molar-refractivity contribution in [3.8, 4) is 0 Å². The van der Waals surface area contributed by atoms with Gasteiger partial charge in [0.1, 0.15) is 0 Å². The van der Waals surface area contributed by atoms with Crippen molar-refractivity contribution in [1.82, 2.24) is 19.6 Å². The quantitative estimate of drug-likeness (QED) is 0.681. The molecular weight excluding hydrogens is 383 g/mol. The van der Waals surface area contributed by atoms with E-state index < -0.39 is 12.0 Å². The summed E-state index contributed by atoms with van der Waals surface area (Å²) in [5.74, 6) is -1.17. The highest BCUT2D eigenvalue weighted by Gasteiger charge is 2.36. The Balaban J connectivity index is 1.76. The smallest absolute Gasteiger partial charge is 0.326 e. The topological polar surface area (TPSA) is 72.2 Å². The number of carbonyl (C=O) groups excluding carboxylic acids is 1. The van der Waals surface area contributed by atoms with Crippen LogP contribution in [0.15, 0.2) is 24.3 Å². The van der Waals surface area contributed by atoms with Gasteiger partial charge in [-0.15, -0.1) is 5.10 Å². The number of rotatable bonds is 5. The molecular formula is C20H22F3N5O. The van der Waals surface area contributed by atoms with Gasteiger partial charge in [-0.05, 0) is 49.4 Å². The molecule has 0 spiro atoms. The minimum Gasteiger partial charge on any atom is -0.326 e. The minimum atomic E-state index is -4.64. The molecule has 154 valence electrons. The van der Waals surface area contributed by atoms with Crippen LogP contribution in [-0.4, -0.2) is 25.5 Å². The number of benzene rings is 1. The van der Waals surface area contributed by atoms with Crippen LogP contribution < -0.4 is 5.32 Å². The van der Waals surface area contributed by atoms with Gasteiger partial charge in [-0.25, -0.2) is 9.50 Å². The molecule has 0 aliphatic carbocycles. The number of fused-ring (bicyclic) bond motifs is 1. The lowest BCUT2D eigenvalue weighted by atomic mass is 10.0. The van der Waals surface area contributed by atoms with Gasteiger partial charge in [-0.1, -0.05) is 26.0 Å². The van der Waals surface area contributed by atoms with E-state index >= 15 is 0 Å². The van der Waals surface area contributed by atoms with Gasteiger partial charge < -0.3 is 5.32 Å². The molecule has 2 aromatic heterocycles. The van der Waals surface area contributed by atoms with Crippen molar-refractivity contribution in [2.75, 3.05) is 5.32 Å². The van der Waals surface area contributed by atoms with E-state index in [4.69, 9.17) is 0 Å². The first kappa shape index (κ1) is 20.8. The number of hydrogen-bond acceptors (Lipinski definition) is 4. The minimum absolute atomic E-state index is 0.106. The molecule has 3 aromatic rings. The second-order valence-electron chi connectivity index (χ2n) is 7.23. The second kappa shape index (κ2) is 7.81. The fourth-order valence-electron chi connectivity index (χ4n) is 3.13. The first-order valence-electron chi connectivity index (χ1n) is 9.26. The Morgan fingerprint density at radius 1 is 1.21 bits per heavy atom. The van der Waals surface area contributed by atoms with Crippen LogP contribution >= 0.6 is 0 Å². The second-order valence-corrected chi connectivity index (χ2v) is 7.23. The summed E-state index contributed by atoms with van der Waals surface area (Å²) in [6.07, 6.45) is -4.14. The van der Waals surface area contributed by atoms with Crippen LogP contribution in [0.4, 0.5) is 18.9 Å². The number of amides is 1.